The van der Waals surface area contributed by atoms with Crippen molar-refractivity contribution in [3.63, 3.8) is 0 Å². The van der Waals surface area contributed by atoms with Crippen molar-refractivity contribution >= 4 is 5.97 Å². The standard InChI is InChI=1S/C8H13F3O4/c1-6(13-2)3-15-7(12)4-14-5-8(9,10)11/h6H,3-5H2,1-2H3. The lowest BCUT2D eigenvalue weighted by molar-refractivity contribution is -0.182. The molecule has 0 aliphatic heterocycles. The van der Waals surface area contributed by atoms with E-state index in [1.165, 1.54) is 7.11 Å². The molecule has 0 N–H and O–H groups in total. The molecule has 0 saturated carbocycles. The molecule has 0 aromatic carbocycles. The maximum Gasteiger partial charge on any atom is 0.411 e. The lowest BCUT2D eigenvalue weighted by Gasteiger charge is -2.10. The van der Waals surface area contributed by atoms with Crippen LogP contribution in [0.2, 0.25) is 0 Å². The summed E-state index contributed by atoms with van der Waals surface area (Å²) in [6.07, 6.45) is -4.73. The maximum atomic E-state index is 11.6. The Morgan fingerprint density at radius 2 is 2.00 bits per heavy atom. The first-order valence-corrected chi connectivity index (χ1v) is 4.18. The Morgan fingerprint density at radius 3 is 2.47 bits per heavy atom. The van der Waals surface area contributed by atoms with Crippen LogP contribution in [0.1, 0.15) is 6.92 Å². The van der Waals surface area contributed by atoms with Crippen LogP contribution in [-0.2, 0) is 19.0 Å². The largest absolute Gasteiger partial charge is 0.461 e. The van der Waals surface area contributed by atoms with Crippen LogP contribution in [-0.4, -0.2) is 45.2 Å². The van der Waals surface area contributed by atoms with Crippen LogP contribution in [0.15, 0.2) is 0 Å². The van der Waals surface area contributed by atoms with Gasteiger partial charge in [0.2, 0.25) is 0 Å². The van der Waals surface area contributed by atoms with E-state index in [2.05, 4.69) is 9.47 Å². The van der Waals surface area contributed by atoms with E-state index in [-0.39, 0.29) is 12.7 Å². The summed E-state index contributed by atoms with van der Waals surface area (Å²) in [6.45, 7) is -0.521. The molecule has 0 amide bonds. The summed E-state index contributed by atoms with van der Waals surface area (Å²) < 4.78 is 48.1. The average Bonchev–Trinajstić information content (AvgIpc) is 2.12. The molecule has 0 spiro atoms. The fourth-order valence-electron chi connectivity index (χ4n) is 0.570. The second-order valence-electron chi connectivity index (χ2n) is 2.84. The molecule has 7 heteroatoms. The Kier molecular flexibility index (Phi) is 6.26. The molecule has 1 atom stereocenters. The van der Waals surface area contributed by atoms with E-state index < -0.39 is 25.4 Å². The van der Waals surface area contributed by atoms with E-state index in [4.69, 9.17) is 4.74 Å². The van der Waals surface area contributed by atoms with Gasteiger partial charge in [-0.15, -0.1) is 0 Å². The number of rotatable bonds is 6. The molecule has 0 bridgehead atoms. The van der Waals surface area contributed by atoms with Crippen molar-refractivity contribution in [1.29, 1.82) is 0 Å². The number of halogens is 3. The van der Waals surface area contributed by atoms with Crippen LogP contribution < -0.4 is 0 Å². The Labute approximate surface area is 85.3 Å². The van der Waals surface area contributed by atoms with Crippen molar-refractivity contribution in [3.05, 3.63) is 0 Å². The van der Waals surface area contributed by atoms with Gasteiger partial charge < -0.3 is 14.2 Å². The van der Waals surface area contributed by atoms with Crippen molar-refractivity contribution in [2.75, 3.05) is 26.9 Å². The van der Waals surface area contributed by atoms with Crippen LogP contribution >= 0.6 is 0 Å². The van der Waals surface area contributed by atoms with Gasteiger partial charge in [-0.2, -0.15) is 13.2 Å². The molecular formula is C8H13F3O4. The van der Waals surface area contributed by atoms with E-state index >= 15 is 0 Å². The highest BCUT2D eigenvalue weighted by molar-refractivity contribution is 5.70. The predicted molar refractivity (Wildman–Crippen MR) is 44.3 cm³/mol. The summed E-state index contributed by atoms with van der Waals surface area (Å²) in [5, 5.41) is 0. The van der Waals surface area contributed by atoms with E-state index in [9.17, 15) is 18.0 Å². The van der Waals surface area contributed by atoms with Gasteiger partial charge in [0.15, 0.2) is 0 Å². The minimum Gasteiger partial charge on any atom is -0.461 e. The van der Waals surface area contributed by atoms with Gasteiger partial charge in [0.25, 0.3) is 0 Å². The highest BCUT2D eigenvalue weighted by Gasteiger charge is 2.27. The lowest BCUT2D eigenvalue weighted by Crippen LogP contribution is -2.24. The van der Waals surface area contributed by atoms with Crippen molar-refractivity contribution in [2.24, 2.45) is 0 Å². The lowest BCUT2D eigenvalue weighted by atomic mass is 10.4. The third-order valence-electron chi connectivity index (χ3n) is 1.37. The van der Waals surface area contributed by atoms with Crippen LogP contribution in [0.25, 0.3) is 0 Å². The zero-order valence-electron chi connectivity index (χ0n) is 8.47. The average molecular weight is 230 g/mol. The first-order valence-electron chi connectivity index (χ1n) is 4.18. The minimum atomic E-state index is -4.43. The van der Waals surface area contributed by atoms with Gasteiger partial charge in [0, 0.05) is 7.11 Å². The minimum absolute atomic E-state index is 0.00922. The van der Waals surface area contributed by atoms with Gasteiger partial charge in [-0.25, -0.2) is 4.79 Å². The SMILES string of the molecule is COC(C)COC(=O)COCC(F)(F)F. The predicted octanol–water partition coefficient (Wildman–Crippen LogP) is 1.14. The Balaban J connectivity index is 3.50. The molecule has 0 aromatic heterocycles. The number of alkyl halides is 3. The quantitative estimate of drug-likeness (QED) is 0.642. The third kappa shape index (κ3) is 9.48. The molecule has 15 heavy (non-hydrogen) atoms. The summed E-state index contributed by atoms with van der Waals surface area (Å²) in [6, 6.07) is 0. The van der Waals surface area contributed by atoms with Crippen molar-refractivity contribution in [1.82, 2.24) is 0 Å². The van der Waals surface area contributed by atoms with Gasteiger partial charge in [0.05, 0.1) is 6.10 Å². The summed E-state index contributed by atoms with van der Waals surface area (Å²) >= 11 is 0. The smallest absolute Gasteiger partial charge is 0.411 e. The van der Waals surface area contributed by atoms with Gasteiger partial charge in [0.1, 0.15) is 19.8 Å². The van der Waals surface area contributed by atoms with Gasteiger partial charge in [-0.3, -0.25) is 0 Å². The van der Waals surface area contributed by atoms with Crippen LogP contribution in [0.4, 0.5) is 13.2 Å². The number of carbonyl (C=O) groups excluding carboxylic acids is 1. The molecule has 0 aliphatic carbocycles. The third-order valence-corrected chi connectivity index (χ3v) is 1.37. The maximum absolute atomic E-state index is 11.6. The molecule has 0 heterocycles. The molecule has 0 fully saturated rings. The van der Waals surface area contributed by atoms with Crippen molar-refractivity contribution in [2.45, 2.75) is 19.2 Å². The molecule has 4 nitrogen and oxygen atoms in total. The van der Waals surface area contributed by atoms with E-state index in [0.29, 0.717) is 0 Å². The molecule has 1 unspecified atom stereocenters. The summed E-state index contributed by atoms with van der Waals surface area (Å²) in [7, 11) is 1.43. The highest BCUT2D eigenvalue weighted by atomic mass is 19.4. The Hall–Kier alpha value is -0.820. The number of carbonyl (C=O) groups is 1. The molecular weight excluding hydrogens is 217 g/mol. The molecule has 90 valence electrons. The van der Waals surface area contributed by atoms with Gasteiger partial charge in [-0.05, 0) is 6.92 Å². The Bertz CT molecular complexity index is 193. The van der Waals surface area contributed by atoms with Gasteiger partial charge in [-0.1, -0.05) is 0 Å². The summed E-state index contributed by atoms with van der Waals surface area (Å²) in [5.41, 5.74) is 0. The number of methoxy groups -OCH3 is 1. The number of hydrogen-bond donors (Lipinski definition) is 0. The second-order valence-corrected chi connectivity index (χ2v) is 2.84. The number of hydrogen-bond acceptors (Lipinski definition) is 4. The fourth-order valence-corrected chi connectivity index (χ4v) is 0.570. The molecule has 0 aromatic rings. The normalized spacial score (nSPS) is 13.7. The van der Waals surface area contributed by atoms with Crippen LogP contribution in [0.3, 0.4) is 0 Å². The van der Waals surface area contributed by atoms with Crippen molar-refractivity contribution < 1.29 is 32.2 Å². The second kappa shape index (κ2) is 6.62. The van der Waals surface area contributed by atoms with E-state index in [1.807, 2.05) is 0 Å². The van der Waals surface area contributed by atoms with Crippen LogP contribution in [0.5, 0.6) is 0 Å². The van der Waals surface area contributed by atoms with E-state index in [1.54, 1.807) is 6.92 Å². The first-order chi connectivity index (χ1) is 6.85. The van der Waals surface area contributed by atoms with Crippen molar-refractivity contribution in [3.8, 4) is 0 Å². The number of esters is 1. The van der Waals surface area contributed by atoms with E-state index in [0.717, 1.165) is 0 Å². The fraction of sp³-hybridized carbons (Fsp3) is 0.875. The van der Waals surface area contributed by atoms with Crippen LogP contribution in [0, 0.1) is 0 Å². The number of ether oxygens (including phenoxy) is 3. The topological polar surface area (TPSA) is 44.8 Å². The molecule has 0 rings (SSSR count). The Morgan fingerprint density at radius 1 is 1.40 bits per heavy atom. The molecule has 0 radical (unpaired) electrons. The summed E-state index contributed by atoms with van der Waals surface area (Å²) in [5.74, 6) is -0.844. The molecule has 0 aliphatic rings. The molecule has 0 saturated heterocycles. The summed E-state index contributed by atoms with van der Waals surface area (Å²) in [4.78, 5) is 10.8. The first kappa shape index (κ1) is 14.2. The van der Waals surface area contributed by atoms with Gasteiger partial charge >= 0.3 is 12.1 Å². The monoisotopic (exact) mass is 230 g/mol. The zero-order chi connectivity index (χ0) is 11.9. The zero-order valence-corrected chi connectivity index (χ0v) is 8.47. The highest BCUT2D eigenvalue weighted by Crippen LogP contribution is 2.14.